The first-order valence-electron chi connectivity index (χ1n) is 5.32. The van der Waals surface area contributed by atoms with Crippen LogP contribution in [0, 0.1) is 10.1 Å². The number of pyridine rings is 1. The molecule has 0 aliphatic heterocycles. The Labute approximate surface area is 101 Å². The van der Waals surface area contributed by atoms with Gasteiger partial charge in [-0.05, 0) is 18.2 Å². The van der Waals surface area contributed by atoms with Crippen molar-refractivity contribution in [3.8, 4) is 5.75 Å². The monoisotopic (exact) mass is 240 g/mol. The molecule has 0 amide bonds. The summed E-state index contributed by atoms with van der Waals surface area (Å²) in [4.78, 5) is 14.5. The van der Waals surface area contributed by atoms with Crippen LogP contribution in [-0.4, -0.2) is 15.0 Å². The first kappa shape index (κ1) is 10.5. The van der Waals surface area contributed by atoms with Crippen molar-refractivity contribution in [3.63, 3.8) is 0 Å². The van der Waals surface area contributed by atoms with Crippen LogP contribution in [0.1, 0.15) is 0 Å². The Morgan fingerprint density at radius 2 is 1.89 bits per heavy atom. The van der Waals surface area contributed by atoms with Gasteiger partial charge < -0.3 is 5.11 Å². The minimum Gasteiger partial charge on any atom is -0.502 e. The van der Waals surface area contributed by atoms with E-state index in [0.717, 1.165) is 10.9 Å². The molecule has 0 atom stereocenters. The number of nitro groups is 1. The molecule has 1 heterocycles. The van der Waals surface area contributed by atoms with E-state index in [1.54, 1.807) is 12.1 Å². The van der Waals surface area contributed by atoms with Crippen LogP contribution in [-0.2, 0) is 0 Å². The van der Waals surface area contributed by atoms with E-state index < -0.39 is 4.92 Å². The Hall–Kier alpha value is -2.69. The smallest absolute Gasteiger partial charge is 0.311 e. The van der Waals surface area contributed by atoms with Gasteiger partial charge in [-0.2, -0.15) is 0 Å². The van der Waals surface area contributed by atoms with Crippen LogP contribution in [0.2, 0.25) is 0 Å². The zero-order valence-electron chi connectivity index (χ0n) is 9.20. The van der Waals surface area contributed by atoms with Gasteiger partial charge in [0.1, 0.15) is 0 Å². The highest BCUT2D eigenvalue weighted by Crippen LogP contribution is 2.34. The van der Waals surface area contributed by atoms with Crippen LogP contribution in [0.15, 0.2) is 42.5 Å². The topological polar surface area (TPSA) is 76.3 Å². The number of phenolic OH excluding ortho intramolecular Hbond substituents is 1. The molecule has 18 heavy (non-hydrogen) atoms. The molecule has 1 N–H and O–H groups in total. The Balaban J connectivity index is 2.44. The lowest BCUT2D eigenvalue weighted by molar-refractivity contribution is -0.385. The van der Waals surface area contributed by atoms with Gasteiger partial charge in [-0.15, -0.1) is 0 Å². The fraction of sp³-hybridized carbons (Fsp3) is 0. The van der Waals surface area contributed by atoms with E-state index in [9.17, 15) is 15.2 Å². The molecule has 5 nitrogen and oxygen atoms in total. The normalized spacial score (nSPS) is 10.9. The van der Waals surface area contributed by atoms with E-state index in [-0.39, 0.29) is 11.4 Å². The molecular weight excluding hydrogens is 232 g/mol. The van der Waals surface area contributed by atoms with Gasteiger partial charge in [0.2, 0.25) is 5.75 Å². The zero-order chi connectivity index (χ0) is 12.7. The molecule has 88 valence electrons. The molecule has 0 spiro atoms. The maximum absolute atomic E-state index is 10.8. The number of phenols is 1. The molecule has 0 saturated carbocycles. The van der Waals surface area contributed by atoms with Gasteiger partial charge in [-0.25, -0.2) is 4.98 Å². The van der Waals surface area contributed by atoms with Crippen molar-refractivity contribution in [2.45, 2.75) is 0 Å². The lowest BCUT2D eigenvalue weighted by Crippen LogP contribution is -1.90. The molecule has 0 unspecified atom stereocenters. The number of hydrogen-bond acceptors (Lipinski definition) is 4. The number of rotatable bonds is 1. The molecule has 0 fully saturated rings. The molecule has 0 bridgehead atoms. The molecule has 2 aromatic carbocycles. The van der Waals surface area contributed by atoms with Crippen LogP contribution < -0.4 is 0 Å². The van der Waals surface area contributed by atoms with Crippen molar-refractivity contribution in [2.75, 3.05) is 0 Å². The Morgan fingerprint density at radius 1 is 1.11 bits per heavy atom. The Bertz CT molecular complexity index is 784. The quantitative estimate of drug-likeness (QED) is 0.403. The molecule has 0 aliphatic carbocycles. The first-order chi connectivity index (χ1) is 8.66. The SMILES string of the molecule is O=[N+]([O-])c1ccc2nc3ccccc3cc2c1O. The average Bonchev–Trinajstić information content (AvgIpc) is 2.37. The summed E-state index contributed by atoms with van der Waals surface area (Å²) in [7, 11) is 0. The summed E-state index contributed by atoms with van der Waals surface area (Å²) in [6, 6.07) is 11.9. The van der Waals surface area contributed by atoms with Crippen LogP contribution in [0.5, 0.6) is 5.75 Å². The summed E-state index contributed by atoms with van der Waals surface area (Å²) < 4.78 is 0. The summed E-state index contributed by atoms with van der Waals surface area (Å²) in [6.45, 7) is 0. The van der Waals surface area contributed by atoms with Crippen molar-refractivity contribution in [1.29, 1.82) is 0 Å². The predicted octanol–water partition coefficient (Wildman–Crippen LogP) is 3.00. The second-order valence-corrected chi connectivity index (χ2v) is 3.94. The van der Waals surface area contributed by atoms with E-state index in [1.807, 2.05) is 24.3 Å². The molecule has 5 heteroatoms. The summed E-state index contributed by atoms with van der Waals surface area (Å²) in [6.07, 6.45) is 0. The van der Waals surface area contributed by atoms with Gasteiger partial charge in [0.15, 0.2) is 0 Å². The number of aromatic hydroxyl groups is 1. The third kappa shape index (κ3) is 1.45. The van der Waals surface area contributed by atoms with Gasteiger partial charge in [0, 0.05) is 16.8 Å². The van der Waals surface area contributed by atoms with Gasteiger partial charge >= 0.3 is 5.69 Å². The lowest BCUT2D eigenvalue weighted by atomic mass is 10.1. The Kier molecular flexibility index (Phi) is 2.13. The maximum atomic E-state index is 10.8. The molecule has 1 aromatic heterocycles. The number of benzene rings is 2. The average molecular weight is 240 g/mol. The zero-order valence-corrected chi connectivity index (χ0v) is 9.20. The highest BCUT2D eigenvalue weighted by atomic mass is 16.6. The van der Waals surface area contributed by atoms with E-state index >= 15 is 0 Å². The van der Waals surface area contributed by atoms with Crippen molar-refractivity contribution in [2.24, 2.45) is 0 Å². The fourth-order valence-electron chi connectivity index (χ4n) is 1.97. The van der Waals surface area contributed by atoms with Crippen LogP contribution >= 0.6 is 0 Å². The third-order valence-corrected chi connectivity index (χ3v) is 2.85. The van der Waals surface area contributed by atoms with Gasteiger partial charge in [-0.3, -0.25) is 10.1 Å². The summed E-state index contributed by atoms with van der Waals surface area (Å²) in [5.74, 6) is -0.337. The maximum Gasteiger partial charge on any atom is 0.311 e. The number of nitrogens with zero attached hydrogens (tertiary/aromatic N) is 2. The molecule has 0 radical (unpaired) electrons. The highest BCUT2D eigenvalue weighted by molar-refractivity contribution is 5.97. The number of nitro benzene ring substituents is 1. The van der Waals surface area contributed by atoms with Gasteiger partial charge in [0.05, 0.1) is 16.0 Å². The van der Waals surface area contributed by atoms with Crippen LogP contribution in [0.4, 0.5) is 5.69 Å². The largest absolute Gasteiger partial charge is 0.502 e. The van der Waals surface area contributed by atoms with E-state index in [0.29, 0.717) is 10.9 Å². The lowest BCUT2D eigenvalue weighted by Gasteiger charge is -2.03. The van der Waals surface area contributed by atoms with Crippen molar-refractivity contribution in [1.82, 2.24) is 4.98 Å². The fourth-order valence-corrected chi connectivity index (χ4v) is 1.97. The van der Waals surface area contributed by atoms with Crippen LogP contribution in [0.3, 0.4) is 0 Å². The van der Waals surface area contributed by atoms with Gasteiger partial charge in [-0.1, -0.05) is 18.2 Å². The second-order valence-electron chi connectivity index (χ2n) is 3.94. The molecular formula is C13H8N2O3. The standard InChI is InChI=1S/C13H8N2O3/c16-13-9-7-8-3-1-2-4-10(8)14-11(9)5-6-12(13)15(17)18/h1-7,16H. The molecule has 3 rings (SSSR count). The number of fused-ring (bicyclic) bond motifs is 2. The van der Waals surface area contributed by atoms with Crippen molar-refractivity contribution < 1.29 is 10.0 Å². The third-order valence-electron chi connectivity index (χ3n) is 2.85. The van der Waals surface area contributed by atoms with E-state index in [2.05, 4.69) is 4.98 Å². The number of hydrogen-bond donors (Lipinski definition) is 1. The summed E-state index contributed by atoms with van der Waals surface area (Å²) in [5, 5.41) is 21.9. The second kappa shape index (κ2) is 3.66. The predicted molar refractivity (Wildman–Crippen MR) is 67.6 cm³/mol. The van der Waals surface area contributed by atoms with E-state index in [4.69, 9.17) is 0 Å². The number of aromatic nitrogens is 1. The minimum absolute atomic E-state index is 0.306. The highest BCUT2D eigenvalue weighted by Gasteiger charge is 2.16. The summed E-state index contributed by atoms with van der Waals surface area (Å²) in [5.41, 5.74) is 1.02. The van der Waals surface area contributed by atoms with Crippen LogP contribution in [0.25, 0.3) is 21.8 Å². The van der Waals surface area contributed by atoms with Gasteiger partial charge in [0.25, 0.3) is 0 Å². The summed E-state index contributed by atoms with van der Waals surface area (Å²) >= 11 is 0. The molecule has 3 aromatic rings. The van der Waals surface area contributed by atoms with Crippen molar-refractivity contribution >= 4 is 27.5 Å². The molecule has 0 aliphatic rings. The van der Waals surface area contributed by atoms with Crippen molar-refractivity contribution in [3.05, 3.63) is 52.6 Å². The number of para-hydroxylation sites is 1. The Morgan fingerprint density at radius 3 is 2.67 bits per heavy atom. The molecule has 0 saturated heterocycles. The first-order valence-corrected chi connectivity index (χ1v) is 5.32. The van der Waals surface area contributed by atoms with E-state index in [1.165, 1.54) is 6.07 Å². The minimum atomic E-state index is -0.607.